The second-order valence-electron chi connectivity index (χ2n) is 7.52. The highest BCUT2D eigenvalue weighted by molar-refractivity contribution is 4.85. The Morgan fingerprint density at radius 2 is 1.80 bits per heavy atom. The topological polar surface area (TPSA) is 21.3 Å². The van der Waals surface area contributed by atoms with Crippen molar-refractivity contribution in [1.29, 1.82) is 0 Å². The molecule has 0 saturated heterocycles. The molecule has 0 spiro atoms. The van der Waals surface area contributed by atoms with Crippen LogP contribution in [0.1, 0.15) is 72.1 Å². The van der Waals surface area contributed by atoms with E-state index in [-0.39, 0.29) is 0 Å². The lowest BCUT2D eigenvalue weighted by Gasteiger charge is -2.38. The molecule has 2 saturated carbocycles. The first-order valence-corrected chi connectivity index (χ1v) is 9.01. The molecule has 0 heterocycles. The van der Waals surface area contributed by atoms with Crippen molar-refractivity contribution in [2.24, 2.45) is 17.8 Å². The third-order valence-corrected chi connectivity index (χ3v) is 5.44. The summed E-state index contributed by atoms with van der Waals surface area (Å²) in [7, 11) is 0. The molecule has 0 bridgehead atoms. The summed E-state index contributed by atoms with van der Waals surface area (Å²) in [5.41, 5.74) is 0. The molecule has 2 fully saturated rings. The van der Waals surface area contributed by atoms with Crippen molar-refractivity contribution in [3.05, 3.63) is 0 Å². The fraction of sp³-hybridized carbons (Fsp3) is 1.00. The van der Waals surface area contributed by atoms with Crippen molar-refractivity contribution in [1.82, 2.24) is 5.32 Å². The standard InChI is InChI=1S/C18H35NO/c1-14(2)17-10-9-15(3)13-18(17)19-11-12-20-16-7-5-4-6-8-16/h14-19H,4-13H2,1-3H3. The Balaban J connectivity index is 1.65. The molecule has 2 heteroatoms. The zero-order valence-corrected chi connectivity index (χ0v) is 13.9. The minimum Gasteiger partial charge on any atom is -0.377 e. The highest BCUT2D eigenvalue weighted by atomic mass is 16.5. The van der Waals surface area contributed by atoms with E-state index in [1.165, 1.54) is 51.4 Å². The van der Waals surface area contributed by atoms with Gasteiger partial charge in [-0.1, -0.05) is 46.5 Å². The van der Waals surface area contributed by atoms with Crippen molar-refractivity contribution in [3.63, 3.8) is 0 Å². The first kappa shape index (κ1) is 16.3. The van der Waals surface area contributed by atoms with Gasteiger partial charge in [-0.3, -0.25) is 0 Å². The summed E-state index contributed by atoms with van der Waals surface area (Å²) in [4.78, 5) is 0. The fourth-order valence-corrected chi connectivity index (χ4v) is 4.14. The van der Waals surface area contributed by atoms with Crippen LogP contribution in [-0.4, -0.2) is 25.3 Å². The van der Waals surface area contributed by atoms with E-state index >= 15 is 0 Å². The summed E-state index contributed by atoms with van der Waals surface area (Å²) in [6.07, 6.45) is 11.4. The highest BCUT2D eigenvalue weighted by Gasteiger charge is 2.30. The lowest BCUT2D eigenvalue weighted by Crippen LogP contribution is -2.44. The lowest BCUT2D eigenvalue weighted by molar-refractivity contribution is 0.0267. The van der Waals surface area contributed by atoms with E-state index < -0.39 is 0 Å². The molecule has 20 heavy (non-hydrogen) atoms. The van der Waals surface area contributed by atoms with Crippen LogP contribution in [0.2, 0.25) is 0 Å². The van der Waals surface area contributed by atoms with Crippen LogP contribution < -0.4 is 5.32 Å². The predicted molar refractivity (Wildman–Crippen MR) is 86.0 cm³/mol. The summed E-state index contributed by atoms with van der Waals surface area (Å²) in [5, 5.41) is 3.80. The van der Waals surface area contributed by atoms with Crippen molar-refractivity contribution in [2.45, 2.75) is 84.3 Å². The van der Waals surface area contributed by atoms with E-state index in [0.717, 1.165) is 30.9 Å². The maximum absolute atomic E-state index is 6.03. The molecule has 3 atom stereocenters. The van der Waals surface area contributed by atoms with Gasteiger partial charge in [0.25, 0.3) is 0 Å². The summed E-state index contributed by atoms with van der Waals surface area (Å²) in [6, 6.07) is 0.716. The Morgan fingerprint density at radius 1 is 1.05 bits per heavy atom. The Labute approximate surface area is 126 Å². The van der Waals surface area contributed by atoms with Gasteiger partial charge in [0.2, 0.25) is 0 Å². The molecule has 0 aromatic carbocycles. The van der Waals surface area contributed by atoms with Crippen LogP contribution in [0, 0.1) is 17.8 Å². The number of nitrogens with one attached hydrogen (secondary N) is 1. The maximum Gasteiger partial charge on any atom is 0.0594 e. The van der Waals surface area contributed by atoms with Crippen molar-refractivity contribution < 1.29 is 4.74 Å². The van der Waals surface area contributed by atoms with Crippen molar-refractivity contribution in [3.8, 4) is 0 Å². The summed E-state index contributed by atoms with van der Waals surface area (Å²) < 4.78 is 6.03. The van der Waals surface area contributed by atoms with E-state index in [9.17, 15) is 0 Å². The molecule has 2 rings (SSSR count). The van der Waals surface area contributed by atoms with Crippen LogP contribution in [0.25, 0.3) is 0 Å². The molecule has 0 aromatic rings. The molecule has 3 unspecified atom stereocenters. The van der Waals surface area contributed by atoms with E-state index in [1.807, 2.05) is 0 Å². The number of rotatable bonds is 6. The average Bonchev–Trinajstić information content (AvgIpc) is 2.44. The average molecular weight is 281 g/mol. The Bertz CT molecular complexity index is 260. The zero-order chi connectivity index (χ0) is 14.4. The van der Waals surface area contributed by atoms with Gasteiger partial charge in [0.05, 0.1) is 12.7 Å². The Morgan fingerprint density at radius 3 is 2.50 bits per heavy atom. The van der Waals surface area contributed by atoms with Gasteiger partial charge in [-0.2, -0.15) is 0 Å². The molecular formula is C18H35NO. The van der Waals surface area contributed by atoms with Crippen LogP contribution in [0.5, 0.6) is 0 Å². The van der Waals surface area contributed by atoms with E-state index in [1.54, 1.807) is 0 Å². The highest BCUT2D eigenvalue weighted by Crippen LogP contribution is 2.33. The second kappa shape index (κ2) is 8.38. The number of ether oxygens (including phenoxy) is 1. The molecule has 2 aliphatic carbocycles. The van der Waals surface area contributed by atoms with Gasteiger partial charge < -0.3 is 10.1 Å². The van der Waals surface area contributed by atoms with Gasteiger partial charge in [-0.25, -0.2) is 0 Å². The summed E-state index contributed by atoms with van der Waals surface area (Å²) >= 11 is 0. The minimum atomic E-state index is 0.553. The number of hydrogen-bond acceptors (Lipinski definition) is 2. The molecule has 0 aliphatic heterocycles. The molecule has 118 valence electrons. The molecular weight excluding hydrogens is 246 g/mol. The smallest absolute Gasteiger partial charge is 0.0594 e. The van der Waals surface area contributed by atoms with Gasteiger partial charge in [-0.15, -0.1) is 0 Å². The quantitative estimate of drug-likeness (QED) is 0.729. The zero-order valence-electron chi connectivity index (χ0n) is 13.9. The normalized spacial score (nSPS) is 32.7. The molecule has 2 nitrogen and oxygen atoms in total. The first-order valence-electron chi connectivity index (χ1n) is 9.01. The lowest BCUT2D eigenvalue weighted by atomic mass is 9.74. The Hall–Kier alpha value is -0.0800. The van der Waals surface area contributed by atoms with E-state index in [4.69, 9.17) is 4.74 Å². The largest absolute Gasteiger partial charge is 0.377 e. The van der Waals surface area contributed by atoms with Gasteiger partial charge in [0.15, 0.2) is 0 Å². The molecule has 1 N–H and O–H groups in total. The van der Waals surface area contributed by atoms with Crippen LogP contribution in [0.4, 0.5) is 0 Å². The van der Waals surface area contributed by atoms with Gasteiger partial charge >= 0.3 is 0 Å². The maximum atomic E-state index is 6.03. The Kier molecular flexibility index (Phi) is 6.83. The van der Waals surface area contributed by atoms with Gasteiger partial charge in [-0.05, 0) is 43.4 Å². The third kappa shape index (κ3) is 5.04. The molecule has 2 aliphatic rings. The summed E-state index contributed by atoms with van der Waals surface area (Å²) in [5.74, 6) is 2.56. The van der Waals surface area contributed by atoms with Gasteiger partial charge in [0, 0.05) is 12.6 Å². The minimum absolute atomic E-state index is 0.553. The van der Waals surface area contributed by atoms with Crippen molar-refractivity contribution >= 4 is 0 Å². The fourth-order valence-electron chi connectivity index (χ4n) is 4.14. The van der Waals surface area contributed by atoms with Crippen molar-refractivity contribution in [2.75, 3.05) is 13.2 Å². The monoisotopic (exact) mass is 281 g/mol. The summed E-state index contributed by atoms with van der Waals surface area (Å²) in [6.45, 7) is 9.11. The van der Waals surface area contributed by atoms with Crippen LogP contribution >= 0.6 is 0 Å². The van der Waals surface area contributed by atoms with Crippen LogP contribution in [0.3, 0.4) is 0 Å². The van der Waals surface area contributed by atoms with Crippen LogP contribution in [0.15, 0.2) is 0 Å². The number of hydrogen-bond donors (Lipinski definition) is 1. The van der Waals surface area contributed by atoms with Crippen LogP contribution in [-0.2, 0) is 4.74 Å². The second-order valence-corrected chi connectivity index (χ2v) is 7.52. The van der Waals surface area contributed by atoms with E-state index in [2.05, 4.69) is 26.1 Å². The molecule has 0 radical (unpaired) electrons. The SMILES string of the molecule is CC1CCC(C(C)C)C(NCCOC2CCCCC2)C1. The molecule has 0 aromatic heterocycles. The molecule has 0 amide bonds. The predicted octanol–water partition coefficient (Wildman–Crippen LogP) is 4.39. The van der Waals surface area contributed by atoms with E-state index in [0.29, 0.717) is 12.1 Å². The third-order valence-electron chi connectivity index (χ3n) is 5.44. The van der Waals surface area contributed by atoms with Gasteiger partial charge in [0.1, 0.15) is 0 Å². The first-order chi connectivity index (χ1) is 9.66.